The van der Waals surface area contributed by atoms with Crippen LogP contribution >= 0.6 is 11.6 Å². The van der Waals surface area contributed by atoms with Gasteiger partial charge in [-0.3, -0.25) is 4.79 Å². The van der Waals surface area contributed by atoms with Gasteiger partial charge in [-0.15, -0.1) is 11.6 Å². The molecule has 0 heterocycles. The van der Waals surface area contributed by atoms with Gasteiger partial charge in [0.05, 0.1) is 5.69 Å². The summed E-state index contributed by atoms with van der Waals surface area (Å²) in [6.07, 6.45) is 0. The van der Waals surface area contributed by atoms with Crippen molar-refractivity contribution in [2.75, 3.05) is 5.32 Å². The number of carbonyl (C=O) groups excluding carboxylic acids is 1. The summed E-state index contributed by atoms with van der Waals surface area (Å²) < 4.78 is 13.6. The van der Waals surface area contributed by atoms with Crippen molar-refractivity contribution in [1.82, 2.24) is 0 Å². The molecule has 19 heavy (non-hydrogen) atoms. The van der Waals surface area contributed by atoms with Crippen molar-refractivity contribution in [3.05, 3.63) is 65.0 Å². The van der Waals surface area contributed by atoms with Gasteiger partial charge in [0.2, 0.25) is 0 Å². The standard InChI is InChI=1S/C15H13ClFNO/c1-10-3-2-4-13(17)14(10)18-15(19)12-7-5-11(9-16)6-8-12/h2-8H,9H2,1H3,(H,18,19). The highest BCUT2D eigenvalue weighted by atomic mass is 35.5. The molecule has 0 radical (unpaired) electrons. The van der Waals surface area contributed by atoms with Gasteiger partial charge in [0.15, 0.2) is 0 Å². The minimum atomic E-state index is -0.439. The first-order valence-corrected chi connectivity index (χ1v) is 6.36. The normalized spacial score (nSPS) is 10.3. The number of alkyl halides is 1. The fourth-order valence-electron chi connectivity index (χ4n) is 1.72. The summed E-state index contributed by atoms with van der Waals surface area (Å²) >= 11 is 5.68. The summed E-state index contributed by atoms with van der Waals surface area (Å²) in [6, 6.07) is 11.6. The summed E-state index contributed by atoms with van der Waals surface area (Å²) in [5.41, 5.74) is 2.30. The van der Waals surface area contributed by atoms with E-state index in [-0.39, 0.29) is 11.6 Å². The zero-order chi connectivity index (χ0) is 13.8. The van der Waals surface area contributed by atoms with Crippen molar-refractivity contribution in [3.8, 4) is 0 Å². The molecule has 4 heteroatoms. The summed E-state index contributed by atoms with van der Waals surface area (Å²) in [5, 5.41) is 2.59. The zero-order valence-corrected chi connectivity index (χ0v) is 11.2. The molecule has 0 aromatic heterocycles. The van der Waals surface area contributed by atoms with E-state index >= 15 is 0 Å². The van der Waals surface area contributed by atoms with Gasteiger partial charge in [-0.2, -0.15) is 0 Å². The van der Waals surface area contributed by atoms with Gasteiger partial charge in [0, 0.05) is 11.4 Å². The molecular formula is C15H13ClFNO. The van der Waals surface area contributed by atoms with Crippen LogP contribution < -0.4 is 5.32 Å². The minimum absolute atomic E-state index is 0.217. The van der Waals surface area contributed by atoms with Gasteiger partial charge < -0.3 is 5.32 Å². The minimum Gasteiger partial charge on any atom is -0.319 e. The molecule has 0 aliphatic rings. The van der Waals surface area contributed by atoms with E-state index in [1.807, 2.05) is 0 Å². The molecular weight excluding hydrogens is 265 g/mol. The molecule has 0 aliphatic carbocycles. The number of nitrogens with one attached hydrogen (secondary N) is 1. The van der Waals surface area contributed by atoms with Gasteiger partial charge in [-0.05, 0) is 36.2 Å². The molecule has 0 unspecified atom stereocenters. The molecule has 1 N–H and O–H groups in total. The lowest BCUT2D eigenvalue weighted by Crippen LogP contribution is -2.14. The van der Waals surface area contributed by atoms with Crippen LogP contribution in [0.3, 0.4) is 0 Å². The number of hydrogen-bond donors (Lipinski definition) is 1. The van der Waals surface area contributed by atoms with Crippen LogP contribution in [0, 0.1) is 12.7 Å². The van der Waals surface area contributed by atoms with E-state index in [4.69, 9.17) is 11.6 Å². The molecule has 0 atom stereocenters. The van der Waals surface area contributed by atoms with E-state index in [1.165, 1.54) is 6.07 Å². The van der Waals surface area contributed by atoms with Crippen molar-refractivity contribution >= 4 is 23.2 Å². The molecule has 0 spiro atoms. The SMILES string of the molecule is Cc1cccc(F)c1NC(=O)c1ccc(CCl)cc1. The summed E-state index contributed by atoms with van der Waals surface area (Å²) in [7, 11) is 0. The number of rotatable bonds is 3. The second kappa shape index (κ2) is 5.85. The first-order valence-electron chi connectivity index (χ1n) is 5.83. The van der Waals surface area contributed by atoms with Crippen molar-refractivity contribution in [1.29, 1.82) is 0 Å². The first-order chi connectivity index (χ1) is 9.11. The Morgan fingerprint density at radius 2 is 1.89 bits per heavy atom. The summed E-state index contributed by atoms with van der Waals surface area (Å²) in [4.78, 5) is 12.0. The smallest absolute Gasteiger partial charge is 0.255 e. The lowest BCUT2D eigenvalue weighted by Gasteiger charge is -2.09. The number of benzene rings is 2. The quantitative estimate of drug-likeness (QED) is 0.840. The van der Waals surface area contributed by atoms with E-state index in [0.717, 1.165) is 5.56 Å². The number of carbonyl (C=O) groups is 1. The predicted molar refractivity (Wildman–Crippen MR) is 75.1 cm³/mol. The van der Waals surface area contributed by atoms with Crippen LogP contribution in [0.1, 0.15) is 21.5 Å². The second-order valence-corrected chi connectivity index (χ2v) is 4.48. The van der Waals surface area contributed by atoms with Crippen molar-refractivity contribution in [2.24, 2.45) is 0 Å². The fourth-order valence-corrected chi connectivity index (χ4v) is 1.90. The Morgan fingerprint density at radius 3 is 2.47 bits per heavy atom. The Hall–Kier alpha value is -1.87. The van der Waals surface area contributed by atoms with E-state index in [9.17, 15) is 9.18 Å². The Bertz CT molecular complexity index is 575. The number of halogens is 2. The lowest BCUT2D eigenvalue weighted by atomic mass is 10.1. The molecule has 98 valence electrons. The zero-order valence-electron chi connectivity index (χ0n) is 10.4. The van der Waals surface area contributed by atoms with Crippen LogP contribution in [0.25, 0.3) is 0 Å². The van der Waals surface area contributed by atoms with Gasteiger partial charge >= 0.3 is 0 Å². The number of para-hydroxylation sites is 1. The second-order valence-electron chi connectivity index (χ2n) is 4.22. The summed E-state index contributed by atoms with van der Waals surface area (Å²) in [5.74, 6) is -0.381. The Kier molecular flexibility index (Phi) is 4.17. The first kappa shape index (κ1) is 13.6. The van der Waals surface area contributed by atoms with E-state index < -0.39 is 5.82 Å². The number of anilines is 1. The van der Waals surface area contributed by atoms with E-state index in [1.54, 1.807) is 43.3 Å². The average Bonchev–Trinajstić information content (AvgIpc) is 2.43. The van der Waals surface area contributed by atoms with Crippen LogP contribution in [0.15, 0.2) is 42.5 Å². The lowest BCUT2D eigenvalue weighted by molar-refractivity contribution is 0.102. The largest absolute Gasteiger partial charge is 0.319 e. The number of amides is 1. The predicted octanol–water partition coefficient (Wildman–Crippen LogP) is 4.13. The van der Waals surface area contributed by atoms with Crippen LogP contribution in [-0.2, 0) is 5.88 Å². The van der Waals surface area contributed by atoms with Crippen LogP contribution in [0.2, 0.25) is 0 Å². The van der Waals surface area contributed by atoms with E-state index in [0.29, 0.717) is 17.0 Å². The number of aryl methyl sites for hydroxylation is 1. The van der Waals surface area contributed by atoms with E-state index in [2.05, 4.69) is 5.32 Å². The number of hydrogen-bond acceptors (Lipinski definition) is 1. The maximum atomic E-state index is 13.6. The molecule has 0 saturated carbocycles. The molecule has 2 nitrogen and oxygen atoms in total. The van der Waals surface area contributed by atoms with Crippen LogP contribution in [-0.4, -0.2) is 5.91 Å². The third-order valence-corrected chi connectivity index (χ3v) is 3.14. The average molecular weight is 278 g/mol. The van der Waals surface area contributed by atoms with Crippen molar-refractivity contribution < 1.29 is 9.18 Å². The third-order valence-electron chi connectivity index (χ3n) is 2.83. The maximum Gasteiger partial charge on any atom is 0.255 e. The molecule has 2 aromatic carbocycles. The van der Waals surface area contributed by atoms with Crippen molar-refractivity contribution in [2.45, 2.75) is 12.8 Å². The molecule has 0 bridgehead atoms. The Labute approximate surface area is 116 Å². The maximum absolute atomic E-state index is 13.6. The highest BCUT2D eigenvalue weighted by molar-refractivity contribution is 6.17. The molecule has 0 fully saturated rings. The fraction of sp³-hybridized carbons (Fsp3) is 0.133. The molecule has 2 rings (SSSR count). The molecule has 0 saturated heterocycles. The highest BCUT2D eigenvalue weighted by Gasteiger charge is 2.11. The Balaban J connectivity index is 2.20. The molecule has 0 aliphatic heterocycles. The van der Waals surface area contributed by atoms with Crippen LogP contribution in [0.4, 0.5) is 10.1 Å². The third kappa shape index (κ3) is 3.12. The Morgan fingerprint density at radius 1 is 1.21 bits per heavy atom. The molecule has 2 aromatic rings. The monoisotopic (exact) mass is 277 g/mol. The van der Waals surface area contributed by atoms with Crippen LogP contribution in [0.5, 0.6) is 0 Å². The molecule has 1 amide bonds. The topological polar surface area (TPSA) is 29.1 Å². The van der Waals surface area contributed by atoms with Gasteiger partial charge in [0.1, 0.15) is 5.82 Å². The van der Waals surface area contributed by atoms with Gasteiger partial charge in [0.25, 0.3) is 5.91 Å². The van der Waals surface area contributed by atoms with Gasteiger partial charge in [-0.25, -0.2) is 4.39 Å². The highest BCUT2D eigenvalue weighted by Crippen LogP contribution is 2.19. The van der Waals surface area contributed by atoms with Gasteiger partial charge in [-0.1, -0.05) is 24.3 Å². The van der Waals surface area contributed by atoms with Crippen molar-refractivity contribution in [3.63, 3.8) is 0 Å². The summed E-state index contributed by atoms with van der Waals surface area (Å²) in [6.45, 7) is 1.75.